The van der Waals surface area contributed by atoms with Crippen molar-refractivity contribution in [2.75, 3.05) is 33.8 Å². The Hall–Kier alpha value is -2.19. The topological polar surface area (TPSA) is 78.0 Å². The van der Waals surface area contributed by atoms with Gasteiger partial charge in [0.25, 0.3) is 0 Å². The molecule has 1 saturated carbocycles. The second-order valence-corrected chi connectivity index (χ2v) is 10.1. The van der Waals surface area contributed by atoms with E-state index in [-0.39, 0.29) is 17.9 Å². The van der Waals surface area contributed by atoms with E-state index in [0.717, 1.165) is 44.5 Å². The highest BCUT2D eigenvalue weighted by Gasteiger charge is 2.50. The third kappa shape index (κ3) is 4.10. The lowest BCUT2D eigenvalue weighted by Crippen LogP contribution is -2.56. The molecule has 0 radical (unpaired) electrons. The van der Waals surface area contributed by atoms with Gasteiger partial charge in [-0.3, -0.25) is 19.4 Å². The zero-order chi connectivity index (χ0) is 22.3. The highest BCUT2D eigenvalue weighted by atomic mass is 16.5. The Bertz CT molecular complexity index is 837. The summed E-state index contributed by atoms with van der Waals surface area (Å²) in [6, 6.07) is 4.59. The quantitative estimate of drug-likeness (QED) is 0.744. The van der Waals surface area contributed by atoms with E-state index in [9.17, 15) is 9.59 Å². The lowest BCUT2D eigenvalue weighted by atomic mass is 9.83. The second kappa shape index (κ2) is 8.63. The molecule has 4 fully saturated rings. The van der Waals surface area contributed by atoms with E-state index >= 15 is 0 Å². The molecule has 3 saturated heterocycles. The predicted molar refractivity (Wildman–Crippen MR) is 120 cm³/mol. The number of piperidine rings is 1. The number of fused-ring (bicyclic) bond motifs is 1. The van der Waals surface area contributed by atoms with Crippen molar-refractivity contribution in [3.63, 3.8) is 0 Å². The van der Waals surface area contributed by atoms with Gasteiger partial charge in [0.05, 0.1) is 19.1 Å². The van der Waals surface area contributed by atoms with Crippen LogP contribution in [0, 0.1) is 0 Å². The van der Waals surface area contributed by atoms with Crippen LogP contribution in [0.4, 0.5) is 0 Å². The molecule has 0 unspecified atom stereocenters. The van der Waals surface area contributed by atoms with Crippen LogP contribution >= 0.6 is 0 Å². The monoisotopic (exact) mass is 441 g/mol. The number of hydrogen-bond acceptors (Lipinski definition) is 6. The SMILES string of the molecule is COc1cc(CN2CCC3(CC2)CC(=O)N2C[C@@H](N(C)C4CCC4)C[C@H]2C(=O)N3)ccn1. The number of likely N-dealkylation sites (tertiary alicyclic amines) is 1. The third-order valence-corrected chi connectivity index (χ3v) is 8.23. The fourth-order valence-corrected chi connectivity index (χ4v) is 5.86. The molecule has 4 heterocycles. The molecular weight excluding hydrogens is 406 g/mol. The number of carbonyl (C=O) groups is 2. The molecule has 1 N–H and O–H groups in total. The molecule has 174 valence electrons. The first-order chi connectivity index (χ1) is 15.5. The summed E-state index contributed by atoms with van der Waals surface area (Å²) in [6.07, 6.45) is 8.34. The smallest absolute Gasteiger partial charge is 0.243 e. The molecule has 1 spiro atoms. The number of aromatic nitrogens is 1. The summed E-state index contributed by atoms with van der Waals surface area (Å²) in [5.74, 6) is 0.817. The maximum Gasteiger partial charge on any atom is 0.243 e. The summed E-state index contributed by atoms with van der Waals surface area (Å²) in [4.78, 5) is 37.3. The molecule has 5 rings (SSSR count). The number of hydrogen-bond donors (Lipinski definition) is 1. The maximum absolute atomic E-state index is 13.3. The van der Waals surface area contributed by atoms with Crippen LogP contribution in [0.5, 0.6) is 5.88 Å². The minimum Gasteiger partial charge on any atom is -0.481 e. The number of ether oxygens (including phenoxy) is 1. The molecule has 4 aliphatic rings. The van der Waals surface area contributed by atoms with Crippen LogP contribution in [0.15, 0.2) is 18.3 Å². The third-order valence-electron chi connectivity index (χ3n) is 8.23. The van der Waals surface area contributed by atoms with E-state index < -0.39 is 5.54 Å². The fraction of sp³-hybridized carbons (Fsp3) is 0.708. The number of likely N-dealkylation sites (N-methyl/N-ethyl adjacent to an activating group) is 1. The van der Waals surface area contributed by atoms with Crippen LogP contribution in [0.2, 0.25) is 0 Å². The van der Waals surface area contributed by atoms with Crippen molar-refractivity contribution in [1.29, 1.82) is 0 Å². The van der Waals surface area contributed by atoms with Gasteiger partial charge in [0.15, 0.2) is 0 Å². The Kier molecular flexibility index (Phi) is 5.84. The number of amides is 2. The van der Waals surface area contributed by atoms with Gasteiger partial charge in [-0.15, -0.1) is 0 Å². The largest absolute Gasteiger partial charge is 0.481 e. The minimum atomic E-state index is -0.402. The molecule has 3 aliphatic heterocycles. The normalized spacial score (nSPS) is 28.4. The number of carbonyl (C=O) groups excluding carboxylic acids is 2. The van der Waals surface area contributed by atoms with Crippen LogP contribution in [0.1, 0.15) is 50.5 Å². The number of pyridine rings is 1. The highest BCUT2D eigenvalue weighted by Crippen LogP contribution is 2.35. The van der Waals surface area contributed by atoms with Crippen molar-refractivity contribution in [3.8, 4) is 5.88 Å². The number of methoxy groups -OCH3 is 1. The Morgan fingerprint density at radius 2 is 2.03 bits per heavy atom. The molecule has 1 aromatic rings. The molecule has 0 bridgehead atoms. The summed E-state index contributed by atoms with van der Waals surface area (Å²) in [5, 5.41) is 3.34. The maximum atomic E-state index is 13.3. The first-order valence-electron chi connectivity index (χ1n) is 12.0. The Morgan fingerprint density at radius 3 is 2.72 bits per heavy atom. The van der Waals surface area contributed by atoms with Crippen molar-refractivity contribution >= 4 is 11.8 Å². The van der Waals surface area contributed by atoms with Crippen LogP contribution in [-0.2, 0) is 16.1 Å². The molecule has 32 heavy (non-hydrogen) atoms. The number of rotatable bonds is 5. The van der Waals surface area contributed by atoms with E-state index in [1.807, 2.05) is 17.0 Å². The van der Waals surface area contributed by atoms with Gasteiger partial charge in [-0.05, 0) is 50.8 Å². The summed E-state index contributed by atoms with van der Waals surface area (Å²) in [5.41, 5.74) is 0.761. The Balaban J connectivity index is 1.20. The van der Waals surface area contributed by atoms with E-state index in [1.165, 1.54) is 19.3 Å². The minimum absolute atomic E-state index is 0.0488. The van der Waals surface area contributed by atoms with E-state index in [4.69, 9.17) is 4.74 Å². The van der Waals surface area contributed by atoms with Gasteiger partial charge < -0.3 is 15.0 Å². The molecule has 8 heteroatoms. The Labute approximate surface area is 190 Å². The van der Waals surface area contributed by atoms with Gasteiger partial charge in [-0.2, -0.15) is 0 Å². The standard InChI is InChI=1S/C24H35N5O3/c1-27(18-4-3-5-18)19-13-20-23(31)26-24(14-22(30)29(20)16-19)7-10-28(11-8-24)15-17-6-9-25-21(12-17)32-2/h6,9,12,18-20H,3-5,7-8,10-11,13-16H2,1-2H3,(H,26,31)/t19-,20-/m0/s1. The van der Waals surface area contributed by atoms with Crippen molar-refractivity contribution in [2.45, 2.75) is 75.2 Å². The van der Waals surface area contributed by atoms with Crippen LogP contribution in [0.3, 0.4) is 0 Å². The summed E-state index contributed by atoms with van der Waals surface area (Å²) in [6.45, 7) is 3.22. The summed E-state index contributed by atoms with van der Waals surface area (Å²) >= 11 is 0. The first-order valence-corrected chi connectivity index (χ1v) is 12.0. The molecule has 2 amide bonds. The zero-order valence-electron chi connectivity index (χ0n) is 19.3. The van der Waals surface area contributed by atoms with Gasteiger partial charge >= 0.3 is 0 Å². The lowest BCUT2D eigenvalue weighted by Gasteiger charge is -2.41. The van der Waals surface area contributed by atoms with Crippen LogP contribution < -0.4 is 10.1 Å². The first kappa shape index (κ1) is 21.6. The van der Waals surface area contributed by atoms with Gasteiger partial charge in [0, 0.05) is 50.5 Å². The van der Waals surface area contributed by atoms with Gasteiger partial charge in [0.2, 0.25) is 17.7 Å². The molecule has 1 aromatic heterocycles. The molecule has 1 aliphatic carbocycles. The van der Waals surface area contributed by atoms with Gasteiger partial charge in [-0.25, -0.2) is 4.98 Å². The average molecular weight is 442 g/mol. The van der Waals surface area contributed by atoms with E-state index in [1.54, 1.807) is 13.3 Å². The molecule has 2 atom stereocenters. The van der Waals surface area contributed by atoms with E-state index in [2.05, 4.69) is 27.1 Å². The molecule has 0 aromatic carbocycles. The van der Waals surface area contributed by atoms with Gasteiger partial charge in [0.1, 0.15) is 6.04 Å². The fourth-order valence-electron chi connectivity index (χ4n) is 5.86. The van der Waals surface area contributed by atoms with Crippen molar-refractivity contribution in [1.82, 2.24) is 25.0 Å². The second-order valence-electron chi connectivity index (χ2n) is 10.1. The Morgan fingerprint density at radius 1 is 1.25 bits per heavy atom. The van der Waals surface area contributed by atoms with Gasteiger partial charge in [-0.1, -0.05) is 6.42 Å². The van der Waals surface area contributed by atoms with Crippen molar-refractivity contribution < 1.29 is 14.3 Å². The number of nitrogens with one attached hydrogen (secondary N) is 1. The van der Waals surface area contributed by atoms with E-state index in [0.29, 0.717) is 30.9 Å². The van der Waals surface area contributed by atoms with Crippen LogP contribution in [-0.4, -0.2) is 89.0 Å². The molecular formula is C24H35N5O3. The highest BCUT2D eigenvalue weighted by molar-refractivity contribution is 5.92. The summed E-state index contributed by atoms with van der Waals surface area (Å²) in [7, 11) is 3.79. The van der Waals surface area contributed by atoms with Crippen LogP contribution in [0.25, 0.3) is 0 Å². The van der Waals surface area contributed by atoms with Crippen molar-refractivity contribution in [3.05, 3.63) is 23.9 Å². The lowest BCUT2D eigenvalue weighted by molar-refractivity contribution is -0.135. The zero-order valence-corrected chi connectivity index (χ0v) is 19.3. The summed E-state index contributed by atoms with van der Waals surface area (Å²) < 4.78 is 5.23. The average Bonchev–Trinajstić information content (AvgIpc) is 3.17. The number of nitrogens with zero attached hydrogens (tertiary/aromatic N) is 4. The molecule has 8 nitrogen and oxygen atoms in total. The predicted octanol–water partition coefficient (Wildman–Crippen LogP) is 1.40. The van der Waals surface area contributed by atoms with Crippen molar-refractivity contribution in [2.24, 2.45) is 0 Å².